The lowest BCUT2D eigenvalue weighted by Gasteiger charge is -2.11. The molecule has 6 nitrogen and oxygen atoms in total. The van der Waals surface area contributed by atoms with Crippen molar-refractivity contribution in [3.05, 3.63) is 54.2 Å². The molecule has 2 aromatic heterocycles. The van der Waals surface area contributed by atoms with Crippen LogP contribution in [0, 0.1) is 13.8 Å². The number of methoxy groups -OCH3 is 1. The van der Waals surface area contributed by atoms with Gasteiger partial charge in [-0.25, -0.2) is 4.98 Å². The predicted octanol–water partition coefficient (Wildman–Crippen LogP) is 5.22. The first kappa shape index (κ1) is 17.5. The van der Waals surface area contributed by atoms with E-state index in [4.69, 9.17) is 9.26 Å². The van der Waals surface area contributed by atoms with Crippen molar-refractivity contribution >= 4 is 22.4 Å². The van der Waals surface area contributed by atoms with Gasteiger partial charge in [-0.05, 0) is 43.7 Å². The van der Waals surface area contributed by atoms with Crippen molar-refractivity contribution in [2.75, 3.05) is 12.4 Å². The van der Waals surface area contributed by atoms with Crippen LogP contribution in [-0.4, -0.2) is 22.2 Å². The van der Waals surface area contributed by atoms with E-state index in [0.29, 0.717) is 0 Å². The summed E-state index contributed by atoms with van der Waals surface area (Å²) in [6.07, 6.45) is 1.69. The zero-order chi connectivity index (χ0) is 17.4. The molecule has 0 aliphatic carbocycles. The van der Waals surface area contributed by atoms with Crippen LogP contribution in [0.5, 0.6) is 5.75 Å². The molecule has 4 rings (SSSR count). The number of hydrogen-bond donors (Lipinski definition) is 2. The van der Waals surface area contributed by atoms with Gasteiger partial charge in [0.2, 0.25) is 0 Å². The topological polar surface area (TPSA) is 76.0 Å². The quantitative estimate of drug-likeness (QED) is 0.527. The van der Waals surface area contributed by atoms with Gasteiger partial charge in [-0.15, -0.1) is 0 Å². The van der Waals surface area contributed by atoms with Crippen molar-refractivity contribution < 1.29 is 9.26 Å². The lowest BCUT2D eigenvalue weighted by Crippen LogP contribution is -1.94. The van der Waals surface area contributed by atoms with Crippen LogP contribution >= 0.6 is 0 Å². The number of hydrogen-bond acceptors (Lipinski definition) is 5. The van der Waals surface area contributed by atoms with E-state index in [1.165, 1.54) is 0 Å². The average Bonchev–Trinajstić information content (AvgIpc) is 3.21. The van der Waals surface area contributed by atoms with Crippen molar-refractivity contribution in [1.82, 2.24) is 15.1 Å². The first-order valence-electron chi connectivity index (χ1n) is 7.97. The number of anilines is 2. The largest absolute Gasteiger partial charge is 0.497 e. The van der Waals surface area contributed by atoms with Gasteiger partial charge in [-0.2, -0.15) is 0 Å². The second-order valence-corrected chi connectivity index (χ2v) is 5.88. The molecule has 0 fully saturated rings. The molecule has 4 aromatic rings. The van der Waals surface area contributed by atoms with E-state index < -0.39 is 0 Å². The normalized spacial score (nSPS) is 10.6. The van der Waals surface area contributed by atoms with E-state index >= 15 is 0 Å². The Morgan fingerprint density at radius 1 is 1.15 bits per heavy atom. The molecule has 0 amide bonds. The molecule has 0 spiro atoms. The lowest BCUT2D eigenvalue weighted by molar-refractivity contribution is 0.393. The summed E-state index contributed by atoms with van der Waals surface area (Å²) >= 11 is 0. The number of ether oxygens (including phenoxy) is 1. The summed E-state index contributed by atoms with van der Waals surface area (Å²) in [6, 6.07) is 11.9. The third kappa shape index (κ3) is 3.01. The van der Waals surface area contributed by atoms with Crippen LogP contribution in [0.2, 0.25) is 0 Å². The van der Waals surface area contributed by atoms with Crippen LogP contribution in [-0.2, 0) is 0 Å². The minimum Gasteiger partial charge on any atom is -0.497 e. The Labute approximate surface area is 152 Å². The molecule has 26 heavy (non-hydrogen) atoms. The maximum absolute atomic E-state index is 5.32. The van der Waals surface area contributed by atoms with Crippen LogP contribution in [0.25, 0.3) is 22.2 Å². The SMILES string of the molecule is C.COc1cccc(Nc2cc(-c3c(C)noc3C)cc3[nH]cnc23)c1. The molecule has 0 aliphatic heterocycles. The minimum atomic E-state index is 0. The Kier molecular flexibility index (Phi) is 4.67. The Bertz CT molecular complexity index is 1030. The Morgan fingerprint density at radius 3 is 2.73 bits per heavy atom. The van der Waals surface area contributed by atoms with E-state index in [-0.39, 0.29) is 7.43 Å². The van der Waals surface area contributed by atoms with Gasteiger partial charge in [0.15, 0.2) is 0 Å². The summed E-state index contributed by atoms with van der Waals surface area (Å²) in [5.41, 5.74) is 6.55. The number of aromatic amines is 1. The second kappa shape index (κ2) is 6.92. The summed E-state index contributed by atoms with van der Waals surface area (Å²) in [5.74, 6) is 1.59. The number of aryl methyl sites for hydroxylation is 2. The zero-order valence-corrected chi connectivity index (χ0v) is 14.3. The summed E-state index contributed by atoms with van der Waals surface area (Å²) in [4.78, 5) is 7.62. The average molecular weight is 350 g/mol. The third-order valence-electron chi connectivity index (χ3n) is 4.19. The van der Waals surface area contributed by atoms with Crippen LogP contribution in [0.4, 0.5) is 11.4 Å². The monoisotopic (exact) mass is 350 g/mol. The molecule has 0 unspecified atom stereocenters. The number of benzene rings is 2. The highest BCUT2D eigenvalue weighted by Crippen LogP contribution is 2.34. The molecule has 0 saturated carbocycles. The van der Waals surface area contributed by atoms with Crippen molar-refractivity contribution in [2.24, 2.45) is 0 Å². The smallest absolute Gasteiger partial charge is 0.141 e. The molecule has 0 saturated heterocycles. The number of fused-ring (bicyclic) bond motifs is 1. The third-order valence-corrected chi connectivity index (χ3v) is 4.19. The van der Waals surface area contributed by atoms with Crippen molar-refractivity contribution in [2.45, 2.75) is 21.3 Å². The van der Waals surface area contributed by atoms with Gasteiger partial charge in [-0.1, -0.05) is 18.6 Å². The van der Waals surface area contributed by atoms with Crippen molar-refractivity contribution in [3.8, 4) is 16.9 Å². The number of nitrogens with one attached hydrogen (secondary N) is 2. The van der Waals surface area contributed by atoms with E-state index in [0.717, 1.165) is 50.7 Å². The number of nitrogens with zero attached hydrogens (tertiary/aromatic N) is 2. The molecule has 0 atom stereocenters. The van der Waals surface area contributed by atoms with Gasteiger partial charge in [0.1, 0.15) is 17.0 Å². The van der Waals surface area contributed by atoms with Crippen LogP contribution < -0.4 is 10.1 Å². The first-order chi connectivity index (χ1) is 12.2. The molecule has 134 valence electrons. The Hall–Kier alpha value is -3.28. The lowest BCUT2D eigenvalue weighted by atomic mass is 10.0. The van der Waals surface area contributed by atoms with Gasteiger partial charge in [0.05, 0.1) is 30.3 Å². The van der Waals surface area contributed by atoms with E-state index in [1.807, 2.05) is 38.1 Å². The van der Waals surface area contributed by atoms with Gasteiger partial charge in [0, 0.05) is 17.3 Å². The summed E-state index contributed by atoms with van der Waals surface area (Å²) in [6.45, 7) is 3.86. The van der Waals surface area contributed by atoms with Gasteiger partial charge < -0.3 is 19.6 Å². The highest BCUT2D eigenvalue weighted by Gasteiger charge is 2.15. The number of aromatic nitrogens is 3. The van der Waals surface area contributed by atoms with Crippen LogP contribution in [0.15, 0.2) is 47.2 Å². The fraction of sp³-hybridized carbons (Fsp3) is 0.200. The molecular formula is C20H22N4O2. The summed E-state index contributed by atoms with van der Waals surface area (Å²) < 4.78 is 10.6. The fourth-order valence-corrected chi connectivity index (χ4v) is 3.04. The zero-order valence-electron chi connectivity index (χ0n) is 14.3. The number of imidazole rings is 1. The molecular weight excluding hydrogens is 328 g/mol. The van der Waals surface area contributed by atoms with E-state index in [1.54, 1.807) is 13.4 Å². The highest BCUT2D eigenvalue weighted by molar-refractivity contribution is 5.95. The Morgan fingerprint density at radius 2 is 2.00 bits per heavy atom. The second-order valence-electron chi connectivity index (χ2n) is 5.88. The van der Waals surface area contributed by atoms with Crippen molar-refractivity contribution in [1.29, 1.82) is 0 Å². The number of rotatable bonds is 4. The van der Waals surface area contributed by atoms with Crippen LogP contribution in [0.1, 0.15) is 18.9 Å². The molecule has 0 bridgehead atoms. The van der Waals surface area contributed by atoms with Gasteiger partial charge in [0.25, 0.3) is 0 Å². The van der Waals surface area contributed by atoms with Crippen molar-refractivity contribution in [3.63, 3.8) is 0 Å². The summed E-state index contributed by atoms with van der Waals surface area (Å²) in [7, 11) is 1.66. The van der Waals surface area contributed by atoms with Gasteiger partial charge >= 0.3 is 0 Å². The maximum Gasteiger partial charge on any atom is 0.141 e. The summed E-state index contributed by atoms with van der Waals surface area (Å²) in [5, 5.41) is 7.49. The molecule has 6 heteroatoms. The molecule has 2 aromatic carbocycles. The molecule has 2 heterocycles. The molecule has 0 radical (unpaired) electrons. The van der Waals surface area contributed by atoms with Crippen LogP contribution in [0.3, 0.4) is 0 Å². The predicted molar refractivity (Wildman–Crippen MR) is 104 cm³/mol. The highest BCUT2D eigenvalue weighted by atomic mass is 16.5. The standard InChI is InChI=1S/C19H18N4O2.CH4/c1-11-18(12(2)25-23-11)13-7-16-19(21-10-20-16)17(8-13)22-14-5-4-6-15(9-14)24-3;/h4-10,22H,1-3H3,(H,20,21);1H4. The first-order valence-corrected chi connectivity index (χ1v) is 7.97. The van der Waals surface area contributed by atoms with E-state index in [9.17, 15) is 0 Å². The molecule has 0 aliphatic rings. The minimum absolute atomic E-state index is 0. The fourth-order valence-electron chi connectivity index (χ4n) is 3.04. The number of H-pyrrole nitrogens is 1. The molecule has 2 N–H and O–H groups in total. The van der Waals surface area contributed by atoms with E-state index in [2.05, 4.69) is 32.6 Å². The maximum atomic E-state index is 5.32. The van der Waals surface area contributed by atoms with Gasteiger partial charge in [-0.3, -0.25) is 0 Å². The Balaban J connectivity index is 0.00000196.